The van der Waals surface area contributed by atoms with Gasteiger partial charge in [-0.15, -0.1) is 11.3 Å². The molecule has 0 aliphatic rings. The van der Waals surface area contributed by atoms with Crippen LogP contribution in [0.3, 0.4) is 0 Å². The third kappa shape index (κ3) is 6.41. The third-order valence-corrected chi connectivity index (χ3v) is 11.5. The van der Waals surface area contributed by atoms with E-state index in [0.717, 1.165) is 28.1 Å². The maximum Gasteiger partial charge on any atom is 0.160 e. The molecule has 10 rings (SSSR count). The van der Waals surface area contributed by atoms with Gasteiger partial charge in [-0.1, -0.05) is 182 Å². The van der Waals surface area contributed by atoms with E-state index in [1.807, 2.05) is 29.5 Å². The normalized spacial score (nSPS) is 11.3. The minimum Gasteiger partial charge on any atom is -0.228 e. The summed E-state index contributed by atoms with van der Waals surface area (Å²) in [6.07, 6.45) is 0. The second-order valence-corrected chi connectivity index (χ2v) is 14.9. The number of fused-ring (bicyclic) bond motifs is 3. The molecule has 0 aliphatic carbocycles. The van der Waals surface area contributed by atoms with E-state index in [-0.39, 0.29) is 0 Å². The fourth-order valence-corrected chi connectivity index (χ4v) is 8.59. The fraction of sp³-hybridized carbons (Fsp3) is 0. The molecule has 2 nitrogen and oxygen atoms in total. The number of thiophene rings is 1. The van der Waals surface area contributed by atoms with Crippen molar-refractivity contribution in [3.8, 4) is 78.4 Å². The molecule has 0 N–H and O–H groups in total. The summed E-state index contributed by atoms with van der Waals surface area (Å²) in [7, 11) is 0. The van der Waals surface area contributed by atoms with Gasteiger partial charge in [0.25, 0.3) is 0 Å². The highest BCUT2D eigenvalue weighted by Crippen LogP contribution is 2.42. The monoisotopic (exact) mass is 718 g/mol. The summed E-state index contributed by atoms with van der Waals surface area (Å²) < 4.78 is 2.50. The summed E-state index contributed by atoms with van der Waals surface area (Å²) in [5.74, 6) is 0.712. The highest BCUT2D eigenvalue weighted by molar-refractivity contribution is 7.26. The predicted molar refractivity (Wildman–Crippen MR) is 233 cm³/mol. The summed E-state index contributed by atoms with van der Waals surface area (Å²) in [4.78, 5) is 10.4. The van der Waals surface area contributed by atoms with E-state index in [0.29, 0.717) is 5.82 Å². The minimum absolute atomic E-state index is 0.712. The van der Waals surface area contributed by atoms with Gasteiger partial charge in [-0.05, 0) is 68.8 Å². The molecule has 0 amide bonds. The van der Waals surface area contributed by atoms with E-state index in [2.05, 4.69) is 188 Å². The van der Waals surface area contributed by atoms with Crippen LogP contribution in [0.1, 0.15) is 0 Å². The van der Waals surface area contributed by atoms with Gasteiger partial charge in [-0.25, -0.2) is 9.97 Å². The first-order valence-electron chi connectivity index (χ1n) is 18.6. The van der Waals surface area contributed by atoms with Crippen molar-refractivity contribution < 1.29 is 0 Å². The zero-order valence-electron chi connectivity index (χ0n) is 29.9. The van der Waals surface area contributed by atoms with Crippen molar-refractivity contribution >= 4 is 31.5 Å². The topological polar surface area (TPSA) is 25.8 Å². The first kappa shape index (κ1) is 32.7. The van der Waals surface area contributed by atoms with Gasteiger partial charge in [-0.3, -0.25) is 0 Å². The van der Waals surface area contributed by atoms with Crippen LogP contribution in [0.15, 0.2) is 206 Å². The van der Waals surface area contributed by atoms with Crippen molar-refractivity contribution in [2.75, 3.05) is 0 Å². The molecule has 2 aromatic heterocycles. The Kier molecular flexibility index (Phi) is 8.40. The van der Waals surface area contributed by atoms with E-state index >= 15 is 0 Å². The van der Waals surface area contributed by atoms with E-state index in [1.54, 1.807) is 0 Å². The summed E-state index contributed by atoms with van der Waals surface area (Å²) in [5, 5.41) is 2.47. The van der Waals surface area contributed by atoms with Gasteiger partial charge in [-0.2, -0.15) is 0 Å². The second-order valence-electron chi connectivity index (χ2n) is 13.8. The number of hydrogen-bond acceptors (Lipinski definition) is 3. The minimum atomic E-state index is 0.712. The number of nitrogens with zero attached hydrogens (tertiary/aromatic N) is 2. The predicted octanol–water partition coefficient (Wildman–Crippen LogP) is 14.5. The van der Waals surface area contributed by atoms with Crippen molar-refractivity contribution in [3.63, 3.8) is 0 Å². The van der Waals surface area contributed by atoms with Gasteiger partial charge in [0, 0.05) is 36.9 Å². The quantitative estimate of drug-likeness (QED) is 0.164. The summed E-state index contributed by atoms with van der Waals surface area (Å²) in [6.45, 7) is 0. The summed E-state index contributed by atoms with van der Waals surface area (Å²) in [5.41, 5.74) is 14.6. The molecule has 0 aliphatic heterocycles. The molecule has 0 unspecified atom stereocenters. The van der Waals surface area contributed by atoms with Crippen molar-refractivity contribution in [1.29, 1.82) is 0 Å². The lowest BCUT2D eigenvalue weighted by molar-refractivity contribution is 1.19. The molecular formula is C52H34N2S. The van der Waals surface area contributed by atoms with E-state index < -0.39 is 0 Å². The van der Waals surface area contributed by atoms with Crippen molar-refractivity contribution in [3.05, 3.63) is 206 Å². The lowest BCUT2D eigenvalue weighted by Crippen LogP contribution is -1.96. The Morgan fingerprint density at radius 1 is 0.291 bits per heavy atom. The summed E-state index contributed by atoms with van der Waals surface area (Å²) >= 11 is 1.83. The largest absolute Gasteiger partial charge is 0.228 e. The Balaban J connectivity index is 1.05. The number of rotatable bonds is 7. The maximum absolute atomic E-state index is 5.25. The van der Waals surface area contributed by atoms with Gasteiger partial charge < -0.3 is 0 Å². The van der Waals surface area contributed by atoms with Crippen LogP contribution in [0.25, 0.3) is 98.6 Å². The van der Waals surface area contributed by atoms with Crippen LogP contribution < -0.4 is 0 Å². The molecule has 0 spiro atoms. The smallest absolute Gasteiger partial charge is 0.160 e. The molecule has 0 saturated heterocycles. The highest BCUT2D eigenvalue weighted by Gasteiger charge is 2.17. The SMILES string of the molecule is c1ccc(-c2ccc(-c3ccc(-c4cc(-c5cccc6sc7ccc(-c8ccc(-c9ccccc9)cc8)cc7c56)nc(-c5ccccc5)n4)cc3)cc2)cc1. The molecule has 258 valence electrons. The number of aromatic nitrogens is 2. The Labute approximate surface area is 324 Å². The molecule has 0 bridgehead atoms. The summed E-state index contributed by atoms with van der Waals surface area (Å²) in [6, 6.07) is 73.3. The Hall–Kier alpha value is -6.94. The van der Waals surface area contributed by atoms with Crippen LogP contribution in [0.4, 0.5) is 0 Å². The first-order valence-corrected chi connectivity index (χ1v) is 19.4. The average Bonchev–Trinajstić information content (AvgIpc) is 3.66. The van der Waals surface area contributed by atoms with Crippen LogP contribution in [0.2, 0.25) is 0 Å². The van der Waals surface area contributed by atoms with Crippen molar-refractivity contribution in [1.82, 2.24) is 9.97 Å². The number of hydrogen-bond donors (Lipinski definition) is 0. The van der Waals surface area contributed by atoms with Crippen LogP contribution in [0.5, 0.6) is 0 Å². The second kappa shape index (κ2) is 14.1. The van der Waals surface area contributed by atoms with Gasteiger partial charge in [0.2, 0.25) is 0 Å². The molecule has 0 radical (unpaired) electrons. The highest BCUT2D eigenvalue weighted by atomic mass is 32.1. The van der Waals surface area contributed by atoms with E-state index in [4.69, 9.17) is 9.97 Å². The molecule has 0 atom stereocenters. The maximum atomic E-state index is 5.25. The molecule has 55 heavy (non-hydrogen) atoms. The molecule has 2 heterocycles. The van der Waals surface area contributed by atoms with Gasteiger partial charge in [0.15, 0.2) is 5.82 Å². The third-order valence-electron chi connectivity index (χ3n) is 10.4. The molecule has 8 aromatic carbocycles. The molecule has 0 fully saturated rings. The number of benzene rings is 8. The Morgan fingerprint density at radius 2 is 0.727 bits per heavy atom. The van der Waals surface area contributed by atoms with Crippen molar-refractivity contribution in [2.45, 2.75) is 0 Å². The molecule has 0 saturated carbocycles. The lowest BCUT2D eigenvalue weighted by Gasteiger charge is -2.11. The lowest BCUT2D eigenvalue weighted by atomic mass is 9.97. The van der Waals surface area contributed by atoms with Gasteiger partial charge in [0.1, 0.15) is 0 Å². The first-order chi connectivity index (χ1) is 27.2. The molecule has 3 heteroatoms. The fourth-order valence-electron chi connectivity index (χ4n) is 7.47. The van der Waals surface area contributed by atoms with Crippen LogP contribution in [0, 0.1) is 0 Å². The van der Waals surface area contributed by atoms with E-state index in [1.165, 1.54) is 64.7 Å². The van der Waals surface area contributed by atoms with Crippen LogP contribution >= 0.6 is 11.3 Å². The Bertz CT molecular complexity index is 2920. The zero-order chi connectivity index (χ0) is 36.6. The van der Waals surface area contributed by atoms with Gasteiger partial charge in [0.05, 0.1) is 11.4 Å². The Morgan fingerprint density at radius 3 is 1.27 bits per heavy atom. The molecule has 10 aromatic rings. The molecular weight excluding hydrogens is 685 g/mol. The average molecular weight is 719 g/mol. The van der Waals surface area contributed by atoms with Crippen LogP contribution in [-0.2, 0) is 0 Å². The van der Waals surface area contributed by atoms with Crippen molar-refractivity contribution in [2.24, 2.45) is 0 Å². The zero-order valence-corrected chi connectivity index (χ0v) is 30.7. The van der Waals surface area contributed by atoms with E-state index in [9.17, 15) is 0 Å². The van der Waals surface area contributed by atoms with Crippen LogP contribution in [-0.4, -0.2) is 9.97 Å². The van der Waals surface area contributed by atoms with Gasteiger partial charge >= 0.3 is 0 Å². The standard InChI is InChI=1S/C52H34N2S/c1-4-11-35(12-5-1)37-19-21-39(22-20-37)40-27-29-42(30-28-40)47-34-48(54-52(53-47)43-15-8-3-9-16-43)45-17-10-18-50-51(45)46-33-44(31-32-49(46)55-50)41-25-23-38(24-26-41)36-13-6-2-7-14-36/h1-34H.